The maximum Gasteiger partial charge on any atom is 0.305 e. The van der Waals surface area contributed by atoms with Crippen molar-refractivity contribution in [3.63, 3.8) is 0 Å². The summed E-state index contributed by atoms with van der Waals surface area (Å²) >= 11 is 0. The van der Waals surface area contributed by atoms with Crippen molar-refractivity contribution in [2.24, 2.45) is 0 Å². The molecule has 2 saturated heterocycles. The van der Waals surface area contributed by atoms with Gasteiger partial charge in [-0.15, -0.1) is 0 Å². The molecule has 0 radical (unpaired) electrons. The molecule has 0 amide bonds. The first-order valence-electron chi connectivity index (χ1n) is 15.8. The fraction of sp³-hybridized carbons (Fsp3) is 0.606. The van der Waals surface area contributed by atoms with E-state index in [-0.39, 0.29) is 6.61 Å². The Hall–Kier alpha value is -4.65. The lowest BCUT2D eigenvalue weighted by atomic mass is 9.96. The van der Waals surface area contributed by atoms with Crippen molar-refractivity contribution in [1.82, 2.24) is 0 Å². The van der Waals surface area contributed by atoms with Gasteiger partial charge in [0.25, 0.3) is 0 Å². The molecule has 18 heteroatoms. The Morgan fingerprint density at radius 3 is 1.33 bits per heavy atom. The third-order valence-electron chi connectivity index (χ3n) is 7.15. The fourth-order valence-electron chi connectivity index (χ4n) is 5.35. The van der Waals surface area contributed by atoms with Crippen LogP contribution >= 0.6 is 0 Å². The van der Waals surface area contributed by atoms with E-state index in [1.165, 1.54) is 0 Å². The van der Waals surface area contributed by atoms with Crippen molar-refractivity contribution in [2.45, 2.75) is 116 Å². The summed E-state index contributed by atoms with van der Waals surface area (Å²) in [6.07, 6.45) is -15.3. The van der Waals surface area contributed by atoms with Gasteiger partial charge in [-0.3, -0.25) is 33.6 Å². The predicted octanol–water partition coefficient (Wildman–Crippen LogP) is 0.823. The topological polar surface area (TPSA) is 221 Å². The minimum Gasteiger partial charge on any atom is -0.463 e. The molecule has 0 unspecified atom stereocenters. The summed E-state index contributed by atoms with van der Waals surface area (Å²) in [5.41, 5.74) is 0.656. The second-order valence-corrected chi connectivity index (χ2v) is 11.5. The standard InChI is InChI=1S/C33H42O18/c1-16(34)41-14-24-26(44-18(3)36)28(46-20(5)38)30(43-13-23-11-9-8-10-12-23)32(49-24)51-31-29(47-21(6)39)27(45-19(4)37)25(15-42-17(2)35)50-33(31)48-22(7)40/h8-12,24-33H,13-15H2,1-7H3/t24-,25-,26-,27+,28+,29-,30+,31-,32+,33+/m1/s1. The smallest absolute Gasteiger partial charge is 0.305 e. The summed E-state index contributed by atoms with van der Waals surface area (Å²) in [5.74, 6) is -5.69. The predicted molar refractivity (Wildman–Crippen MR) is 164 cm³/mol. The largest absolute Gasteiger partial charge is 0.463 e. The summed E-state index contributed by atoms with van der Waals surface area (Å²) in [5, 5.41) is 0. The molecule has 2 aliphatic heterocycles. The Balaban J connectivity index is 2.17. The highest BCUT2D eigenvalue weighted by atomic mass is 16.8. The van der Waals surface area contributed by atoms with E-state index >= 15 is 0 Å². The van der Waals surface area contributed by atoms with Gasteiger partial charge in [0.2, 0.25) is 6.29 Å². The normalized spacial score (nSPS) is 28.7. The first-order chi connectivity index (χ1) is 24.0. The zero-order chi connectivity index (χ0) is 37.8. The van der Waals surface area contributed by atoms with Gasteiger partial charge in [-0.1, -0.05) is 30.3 Å². The molecular formula is C33H42O18. The van der Waals surface area contributed by atoms with Crippen molar-refractivity contribution in [2.75, 3.05) is 13.2 Å². The molecule has 0 N–H and O–H groups in total. The number of carbonyl (C=O) groups is 7. The van der Waals surface area contributed by atoms with E-state index in [0.717, 1.165) is 48.5 Å². The SMILES string of the molecule is CC(=O)OC[C@H]1O[C@H](OC(C)=O)[C@H](O[C@@H]2O[C@H](COC(C)=O)[C@@H](OC(C)=O)[C@H](OC(C)=O)[C@@H]2OCc2ccccc2)[C@H](OC(C)=O)[C@H]1OC(C)=O. The van der Waals surface area contributed by atoms with Crippen LogP contribution in [0.15, 0.2) is 30.3 Å². The maximum absolute atomic E-state index is 12.5. The van der Waals surface area contributed by atoms with Crippen LogP contribution in [0.4, 0.5) is 0 Å². The lowest BCUT2D eigenvalue weighted by molar-refractivity contribution is -0.368. The van der Waals surface area contributed by atoms with Gasteiger partial charge in [0.15, 0.2) is 36.8 Å². The Labute approximate surface area is 293 Å². The minimum absolute atomic E-state index is 0.129. The first kappa shape index (κ1) is 40.8. The van der Waals surface area contributed by atoms with Gasteiger partial charge in [0.05, 0.1) is 6.61 Å². The molecule has 0 aliphatic carbocycles. The summed E-state index contributed by atoms with van der Waals surface area (Å²) in [4.78, 5) is 85.3. The van der Waals surface area contributed by atoms with Crippen LogP contribution in [0.25, 0.3) is 0 Å². The minimum atomic E-state index is -1.73. The molecule has 0 bridgehead atoms. The molecule has 2 heterocycles. The molecule has 18 nitrogen and oxygen atoms in total. The first-order valence-corrected chi connectivity index (χ1v) is 15.8. The average molecular weight is 727 g/mol. The Kier molecular flexibility index (Phi) is 15.3. The Bertz CT molecular complexity index is 1400. The van der Waals surface area contributed by atoms with Crippen molar-refractivity contribution in [3.05, 3.63) is 35.9 Å². The third-order valence-corrected chi connectivity index (χ3v) is 7.15. The number of hydrogen-bond donors (Lipinski definition) is 0. The highest BCUT2D eigenvalue weighted by molar-refractivity contribution is 5.69. The molecule has 2 fully saturated rings. The van der Waals surface area contributed by atoms with Crippen molar-refractivity contribution < 1.29 is 85.7 Å². The molecule has 0 aromatic heterocycles. The van der Waals surface area contributed by atoms with Crippen LogP contribution in [0, 0.1) is 0 Å². The van der Waals surface area contributed by atoms with Gasteiger partial charge >= 0.3 is 41.8 Å². The monoisotopic (exact) mass is 726 g/mol. The van der Waals surface area contributed by atoms with Gasteiger partial charge < -0.3 is 52.1 Å². The Morgan fingerprint density at radius 2 is 0.902 bits per heavy atom. The van der Waals surface area contributed by atoms with Gasteiger partial charge in [-0.2, -0.15) is 0 Å². The van der Waals surface area contributed by atoms with Crippen LogP contribution in [0.1, 0.15) is 54.0 Å². The second-order valence-electron chi connectivity index (χ2n) is 11.5. The lowest BCUT2D eigenvalue weighted by Gasteiger charge is -2.48. The number of benzene rings is 1. The van der Waals surface area contributed by atoms with Crippen LogP contribution < -0.4 is 0 Å². The van der Waals surface area contributed by atoms with Crippen molar-refractivity contribution in [1.29, 1.82) is 0 Å². The van der Waals surface area contributed by atoms with Crippen molar-refractivity contribution in [3.8, 4) is 0 Å². The molecule has 10 atom stereocenters. The quantitative estimate of drug-likeness (QED) is 0.191. The van der Waals surface area contributed by atoms with Crippen LogP contribution in [-0.2, 0) is 92.3 Å². The fourth-order valence-corrected chi connectivity index (χ4v) is 5.35. The summed E-state index contributed by atoms with van der Waals surface area (Å²) in [6.45, 7) is 6.44. The lowest BCUT2D eigenvalue weighted by Crippen LogP contribution is -2.67. The van der Waals surface area contributed by atoms with Crippen LogP contribution in [-0.4, -0.2) is 116 Å². The molecule has 1 aromatic rings. The van der Waals surface area contributed by atoms with Crippen LogP contribution in [0.5, 0.6) is 0 Å². The highest BCUT2D eigenvalue weighted by Gasteiger charge is 2.57. The van der Waals surface area contributed by atoms with E-state index in [2.05, 4.69) is 0 Å². The highest BCUT2D eigenvalue weighted by Crippen LogP contribution is 2.36. The number of esters is 7. The Morgan fingerprint density at radius 1 is 0.490 bits per heavy atom. The molecule has 1 aromatic carbocycles. The van der Waals surface area contributed by atoms with E-state index in [0.29, 0.717) is 5.56 Å². The molecular weight excluding hydrogens is 684 g/mol. The van der Waals surface area contributed by atoms with E-state index in [9.17, 15) is 33.6 Å². The molecule has 2 aliphatic rings. The zero-order valence-corrected chi connectivity index (χ0v) is 29.1. The van der Waals surface area contributed by atoms with Gasteiger partial charge in [0.1, 0.15) is 31.5 Å². The van der Waals surface area contributed by atoms with Crippen LogP contribution in [0.2, 0.25) is 0 Å². The summed E-state index contributed by atoms with van der Waals surface area (Å²) in [6, 6.07) is 8.75. The van der Waals surface area contributed by atoms with Gasteiger partial charge in [-0.25, -0.2) is 0 Å². The van der Waals surface area contributed by atoms with Gasteiger partial charge in [0, 0.05) is 48.5 Å². The number of ether oxygens (including phenoxy) is 11. The molecule has 3 rings (SSSR count). The summed E-state index contributed by atoms with van der Waals surface area (Å²) < 4.78 is 62.5. The van der Waals surface area contributed by atoms with E-state index in [1.807, 2.05) is 0 Å². The number of carbonyl (C=O) groups excluding carboxylic acids is 7. The third kappa shape index (κ3) is 12.6. The van der Waals surface area contributed by atoms with Crippen LogP contribution in [0.3, 0.4) is 0 Å². The van der Waals surface area contributed by atoms with E-state index in [1.54, 1.807) is 30.3 Å². The zero-order valence-electron chi connectivity index (χ0n) is 29.1. The molecule has 282 valence electrons. The van der Waals surface area contributed by atoms with E-state index < -0.39 is 116 Å². The number of rotatable bonds is 14. The van der Waals surface area contributed by atoms with Crippen molar-refractivity contribution >= 4 is 41.8 Å². The van der Waals surface area contributed by atoms with Gasteiger partial charge in [-0.05, 0) is 5.56 Å². The van der Waals surface area contributed by atoms with E-state index in [4.69, 9.17) is 52.1 Å². The molecule has 0 saturated carbocycles. The second kappa shape index (κ2) is 19.1. The maximum atomic E-state index is 12.5. The summed E-state index contributed by atoms with van der Waals surface area (Å²) in [7, 11) is 0. The molecule has 51 heavy (non-hydrogen) atoms. The molecule has 0 spiro atoms. The number of hydrogen-bond acceptors (Lipinski definition) is 18. The average Bonchev–Trinajstić information content (AvgIpc) is 3.02.